The number of ether oxygens (including phenoxy) is 4. The van der Waals surface area contributed by atoms with Crippen molar-refractivity contribution >= 4 is 39.5 Å². The summed E-state index contributed by atoms with van der Waals surface area (Å²) in [7, 11) is -9.89. The quantitative estimate of drug-likeness (QED) is 0.0222. The summed E-state index contributed by atoms with van der Waals surface area (Å²) in [5.74, 6) is -2.12. The lowest BCUT2D eigenvalue weighted by Crippen LogP contribution is -2.30. The van der Waals surface area contributed by atoms with E-state index in [4.69, 9.17) is 37.0 Å². The van der Waals surface area contributed by atoms with E-state index in [1.54, 1.807) is 0 Å². The highest BCUT2D eigenvalue weighted by Gasteiger charge is 2.30. The van der Waals surface area contributed by atoms with Gasteiger partial charge in [-0.15, -0.1) is 0 Å². The maximum Gasteiger partial charge on any atom is 0.472 e. The normalized spacial score (nSPS) is 14.0. The number of phosphoric ester groups is 2. The second-order valence-electron chi connectivity index (χ2n) is 25.6. The lowest BCUT2D eigenvalue weighted by atomic mass is 10.0. The Bertz CT molecular complexity index is 1720. The number of rotatable bonds is 72. The Balaban J connectivity index is 5.18. The van der Waals surface area contributed by atoms with E-state index in [1.165, 1.54) is 205 Å². The SMILES string of the molecule is CCCCCCCCCCCCCCCCCCCCCC(=O)O[C@H](COC(=O)CCCCCCCCCCCCCC)COP(=O)(O)OC[C@@H](O)COP(=O)(O)OC[C@@H](COC(=O)CCCCCCCCCCC)OC(=O)CCCCCCCCCCCC. The van der Waals surface area contributed by atoms with Crippen LogP contribution in [0.5, 0.6) is 0 Å². The number of aliphatic hydroxyl groups excluding tert-OH is 1. The highest BCUT2D eigenvalue weighted by molar-refractivity contribution is 7.47. The molecule has 0 radical (unpaired) electrons. The van der Waals surface area contributed by atoms with Crippen LogP contribution in [0.4, 0.5) is 0 Å². The molecule has 5 atom stereocenters. The first kappa shape index (κ1) is 88.1. The van der Waals surface area contributed by atoms with Gasteiger partial charge in [0.15, 0.2) is 12.2 Å². The van der Waals surface area contributed by atoms with Gasteiger partial charge >= 0.3 is 39.5 Å². The summed E-state index contributed by atoms with van der Waals surface area (Å²) in [4.78, 5) is 72.5. The van der Waals surface area contributed by atoms with Crippen molar-refractivity contribution in [3.8, 4) is 0 Å². The van der Waals surface area contributed by atoms with E-state index in [9.17, 15) is 43.2 Å². The third-order valence-electron chi connectivity index (χ3n) is 16.6. The van der Waals surface area contributed by atoms with Gasteiger partial charge in [0.1, 0.15) is 19.3 Å². The number of esters is 4. The molecule has 0 saturated heterocycles. The summed E-state index contributed by atoms with van der Waals surface area (Å²) in [5.41, 5.74) is 0. The summed E-state index contributed by atoms with van der Waals surface area (Å²) in [6.45, 7) is 4.93. The molecule has 0 amide bonds. The predicted octanol–water partition coefficient (Wildman–Crippen LogP) is 20.7. The highest BCUT2D eigenvalue weighted by atomic mass is 31.2. The molecule has 0 fully saturated rings. The fourth-order valence-corrected chi connectivity index (χ4v) is 12.4. The van der Waals surface area contributed by atoms with Gasteiger partial charge in [0.25, 0.3) is 0 Å². The highest BCUT2D eigenvalue weighted by Crippen LogP contribution is 2.45. The van der Waals surface area contributed by atoms with Crippen molar-refractivity contribution in [2.45, 2.75) is 393 Å². The third kappa shape index (κ3) is 64.8. The molecule has 0 spiro atoms. The van der Waals surface area contributed by atoms with Crippen LogP contribution in [0.1, 0.15) is 374 Å². The zero-order chi connectivity index (χ0) is 66.1. The fraction of sp³-hybridized carbons (Fsp3) is 0.944. The zero-order valence-electron chi connectivity index (χ0n) is 58.1. The molecule has 90 heavy (non-hydrogen) atoms. The zero-order valence-corrected chi connectivity index (χ0v) is 59.9. The Labute approximate surface area is 549 Å². The van der Waals surface area contributed by atoms with Crippen LogP contribution in [0, 0.1) is 0 Å². The Hall–Kier alpha value is -1.94. The van der Waals surface area contributed by atoms with Gasteiger partial charge in [0, 0.05) is 25.7 Å². The topological polar surface area (TPSA) is 237 Å². The van der Waals surface area contributed by atoms with Gasteiger partial charge in [-0.2, -0.15) is 0 Å². The lowest BCUT2D eigenvalue weighted by Gasteiger charge is -2.21. The van der Waals surface area contributed by atoms with Crippen molar-refractivity contribution in [2.75, 3.05) is 39.6 Å². The van der Waals surface area contributed by atoms with Crippen molar-refractivity contribution in [2.24, 2.45) is 0 Å². The number of carbonyl (C=O) groups excluding carboxylic acids is 4. The minimum absolute atomic E-state index is 0.107. The van der Waals surface area contributed by atoms with Crippen molar-refractivity contribution in [3.63, 3.8) is 0 Å². The van der Waals surface area contributed by atoms with Crippen LogP contribution < -0.4 is 0 Å². The predicted molar refractivity (Wildman–Crippen MR) is 363 cm³/mol. The van der Waals surface area contributed by atoms with Crippen LogP contribution >= 0.6 is 15.6 Å². The van der Waals surface area contributed by atoms with Crippen LogP contribution in [0.2, 0.25) is 0 Å². The van der Waals surface area contributed by atoms with E-state index < -0.39 is 97.5 Å². The Morgan fingerprint density at radius 2 is 0.444 bits per heavy atom. The smallest absolute Gasteiger partial charge is 0.462 e. The second kappa shape index (κ2) is 65.7. The molecule has 534 valence electrons. The number of carbonyl (C=O) groups is 4. The van der Waals surface area contributed by atoms with E-state index in [0.29, 0.717) is 25.7 Å². The molecule has 0 aliphatic rings. The van der Waals surface area contributed by atoms with Crippen LogP contribution in [-0.4, -0.2) is 96.7 Å². The van der Waals surface area contributed by atoms with Crippen LogP contribution in [0.15, 0.2) is 0 Å². The molecular weight excluding hydrogens is 1190 g/mol. The minimum Gasteiger partial charge on any atom is -0.462 e. The molecule has 0 aromatic heterocycles. The van der Waals surface area contributed by atoms with Crippen molar-refractivity contribution in [3.05, 3.63) is 0 Å². The summed E-state index contributed by atoms with van der Waals surface area (Å²) in [6.07, 6.45) is 54.1. The molecule has 0 aliphatic heterocycles. The van der Waals surface area contributed by atoms with Gasteiger partial charge in [0.05, 0.1) is 26.4 Å². The molecule has 0 rings (SSSR count). The Morgan fingerprint density at radius 3 is 0.656 bits per heavy atom. The van der Waals surface area contributed by atoms with E-state index in [2.05, 4.69) is 27.7 Å². The number of unbranched alkanes of at least 4 members (excludes halogenated alkanes) is 46. The third-order valence-corrected chi connectivity index (χ3v) is 18.5. The standard InChI is InChI=1S/C71H138O17P2/c1-5-9-13-17-21-25-28-30-31-32-33-34-35-36-38-42-46-50-54-58-71(76)88-67(62-82-69(74)56-52-48-44-41-37-29-26-22-18-14-10-6-2)64-86-90(79,80)84-60-65(72)59-83-89(77,78)85-63-66(61-81-68(73)55-51-47-43-39-24-20-16-12-8-4)87-70(75)57-53-49-45-40-27-23-19-15-11-7-3/h65-67,72H,5-64H2,1-4H3,(H,77,78)(H,79,80)/t65-,66+,67+/m0/s1. The van der Waals surface area contributed by atoms with Crippen LogP contribution in [-0.2, 0) is 65.4 Å². The molecule has 0 aliphatic carbocycles. The van der Waals surface area contributed by atoms with Gasteiger partial charge < -0.3 is 33.8 Å². The van der Waals surface area contributed by atoms with E-state index in [1.807, 2.05) is 0 Å². The molecule has 0 bridgehead atoms. The minimum atomic E-state index is -4.95. The van der Waals surface area contributed by atoms with Crippen LogP contribution in [0.3, 0.4) is 0 Å². The summed E-state index contributed by atoms with van der Waals surface area (Å²) >= 11 is 0. The largest absolute Gasteiger partial charge is 0.472 e. The molecule has 0 heterocycles. The molecule has 0 aromatic rings. The monoisotopic (exact) mass is 1320 g/mol. The first-order valence-corrected chi connectivity index (χ1v) is 40.3. The van der Waals surface area contributed by atoms with Gasteiger partial charge in [0.2, 0.25) is 0 Å². The molecule has 19 heteroatoms. The summed E-state index contributed by atoms with van der Waals surface area (Å²) in [6, 6.07) is 0. The fourth-order valence-electron chi connectivity index (χ4n) is 10.9. The molecule has 2 unspecified atom stereocenters. The summed E-state index contributed by atoms with van der Waals surface area (Å²) < 4.78 is 68.2. The van der Waals surface area contributed by atoms with E-state index >= 15 is 0 Å². The molecule has 0 saturated carbocycles. The van der Waals surface area contributed by atoms with Crippen molar-refractivity contribution in [1.29, 1.82) is 0 Å². The summed E-state index contributed by atoms with van der Waals surface area (Å²) in [5, 5.41) is 10.6. The van der Waals surface area contributed by atoms with E-state index in [0.717, 1.165) is 89.9 Å². The molecule has 0 aromatic carbocycles. The average molecular weight is 1330 g/mol. The lowest BCUT2D eigenvalue weighted by molar-refractivity contribution is -0.161. The first-order valence-electron chi connectivity index (χ1n) is 37.3. The number of phosphoric acid groups is 2. The number of hydrogen-bond donors (Lipinski definition) is 3. The average Bonchev–Trinajstić information content (AvgIpc) is 3.01. The number of aliphatic hydroxyl groups is 1. The van der Waals surface area contributed by atoms with E-state index in [-0.39, 0.29) is 25.7 Å². The Morgan fingerprint density at radius 1 is 0.267 bits per heavy atom. The molecule has 17 nitrogen and oxygen atoms in total. The van der Waals surface area contributed by atoms with Gasteiger partial charge in [-0.1, -0.05) is 323 Å². The van der Waals surface area contributed by atoms with Crippen molar-refractivity contribution in [1.82, 2.24) is 0 Å². The number of hydrogen-bond acceptors (Lipinski definition) is 15. The molecular formula is C71H138O17P2. The van der Waals surface area contributed by atoms with Gasteiger partial charge in [-0.3, -0.25) is 37.3 Å². The maximum absolute atomic E-state index is 13.0. The maximum atomic E-state index is 13.0. The molecule has 3 N–H and O–H groups in total. The van der Waals surface area contributed by atoms with Crippen LogP contribution in [0.25, 0.3) is 0 Å². The van der Waals surface area contributed by atoms with Gasteiger partial charge in [-0.05, 0) is 25.7 Å². The first-order chi connectivity index (χ1) is 43.7. The second-order valence-corrected chi connectivity index (χ2v) is 28.5. The Kier molecular flexibility index (Phi) is 64.3. The van der Waals surface area contributed by atoms with Crippen molar-refractivity contribution < 1.29 is 80.2 Å². The van der Waals surface area contributed by atoms with Gasteiger partial charge in [-0.25, -0.2) is 9.13 Å².